The molecule has 0 unspecified atom stereocenters. The lowest BCUT2D eigenvalue weighted by Crippen LogP contribution is -2.15. The van der Waals surface area contributed by atoms with Crippen LogP contribution < -0.4 is 21.7 Å². The van der Waals surface area contributed by atoms with Crippen molar-refractivity contribution < 1.29 is 18.8 Å². The lowest BCUT2D eigenvalue weighted by atomic mass is 9.93. The van der Waals surface area contributed by atoms with Crippen molar-refractivity contribution in [2.24, 2.45) is 5.73 Å². The molecule has 0 aliphatic carbocycles. The van der Waals surface area contributed by atoms with Gasteiger partial charge in [-0.15, -0.1) is 0 Å². The van der Waals surface area contributed by atoms with Crippen molar-refractivity contribution in [2.45, 2.75) is 6.54 Å². The maximum atomic E-state index is 13.3. The first-order valence-electron chi connectivity index (χ1n) is 11.4. The average molecular weight is 496 g/mol. The fraction of sp³-hybridized carbons (Fsp3) is 0.0357. The van der Waals surface area contributed by atoms with Crippen molar-refractivity contribution in [2.75, 3.05) is 16.0 Å². The number of carbonyl (C=O) groups excluding carboxylic acids is 3. The Bertz CT molecular complexity index is 1660. The van der Waals surface area contributed by atoms with Crippen LogP contribution in [0.4, 0.5) is 21.5 Å². The minimum atomic E-state index is -0.425. The summed E-state index contributed by atoms with van der Waals surface area (Å²) < 4.78 is 13.3. The molecule has 1 heterocycles. The number of aromatic nitrogens is 1. The highest BCUT2D eigenvalue weighted by atomic mass is 19.1. The van der Waals surface area contributed by atoms with E-state index in [1.165, 1.54) is 24.3 Å². The van der Waals surface area contributed by atoms with Gasteiger partial charge in [-0.25, -0.2) is 4.39 Å². The summed E-state index contributed by atoms with van der Waals surface area (Å²) in [4.78, 5) is 38.4. The quantitative estimate of drug-likeness (QED) is 0.195. The van der Waals surface area contributed by atoms with E-state index in [1.54, 1.807) is 24.3 Å². The fourth-order valence-corrected chi connectivity index (χ4v) is 4.55. The molecule has 0 saturated heterocycles. The van der Waals surface area contributed by atoms with Crippen LogP contribution in [0, 0.1) is 5.82 Å². The van der Waals surface area contributed by atoms with Crippen molar-refractivity contribution in [1.82, 2.24) is 4.98 Å². The first-order valence-corrected chi connectivity index (χ1v) is 11.4. The Balaban J connectivity index is 1.67. The van der Waals surface area contributed by atoms with Gasteiger partial charge in [0.05, 0.1) is 11.2 Å². The Morgan fingerprint density at radius 1 is 0.892 bits per heavy atom. The lowest BCUT2D eigenvalue weighted by molar-refractivity contribution is -0.106. The third-order valence-corrected chi connectivity index (χ3v) is 6.22. The molecule has 1 aromatic heterocycles. The highest BCUT2D eigenvalue weighted by Crippen LogP contribution is 2.41. The molecule has 0 bridgehead atoms. The maximum Gasteiger partial charge on any atom is 0.255 e. The SMILES string of the molecule is NCc1c(NC(=O)c2ccc(F)cc2)cccc1-c1ccc(NC=O)c2[nH]c3cc(NC=O)ccc3c12. The molecule has 0 radical (unpaired) electrons. The second kappa shape index (κ2) is 9.92. The standard InChI is InChI=1S/C28H22FN5O3/c29-17-6-4-16(5-7-17)28(37)34-23-3-1-2-19(22(23)13-30)20-10-11-24(32-15-36)27-26(20)21-9-8-18(31-14-35)12-25(21)33-27/h1-12,14-15,33H,13,30H2,(H,31,35)(H,32,36)(H,34,37). The van der Waals surface area contributed by atoms with Crippen molar-refractivity contribution in [3.8, 4) is 11.1 Å². The van der Waals surface area contributed by atoms with Gasteiger partial charge in [-0.1, -0.05) is 24.3 Å². The van der Waals surface area contributed by atoms with E-state index in [0.29, 0.717) is 46.5 Å². The number of benzene rings is 4. The zero-order valence-electron chi connectivity index (χ0n) is 19.5. The van der Waals surface area contributed by atoms with Crippen molar-refractivity contribution in [1.29, 1.82) is 0 Å². The third-order valence-electron chi connectivity index (χ3n) is 6.22. The molecule has 8 nitrogen and oxygen atoms in total. The van der Waals surface area contributed by atoms with E-state index >= 15 is 0 Å². The number of fused-ring (bicyclic) bond motifs is 3. The molecule has 0 saturated carbocycles. The summed E-state index contributed by atoms with van der Waals surface area (Å²) in [5.74, 6) is -0.810. The summed E-state index contributed by atoms with van der Waals surface area (Å²) in [5, 5.41) is 9.98. The van der Waals surface area contributed by atoms with Gasteiger partial charge in [-0.3, -0.25) is 14.4 Å². The van der Waals surface area contributed by atoms with E-state index in [-0.39, 0.29) is 12.5 Å². The highest BCUT2D eigenvalue weighted by molar-refractivity contribution is 6.19. The predicted octanol–water partition coefficient (Wildman–Crippen LogP) is 4.97. The molecule has 6 N–H and O–H groups in total. The summed E-state index contributed by atoms with van der Waals surface area (Å²) in [6, 6.07) is 19.9. The van der Waals surface area contributed by atoms with Crippen LogP contribution >= 0.6 is 0 Å². The summed E-state index contributed by atoms with van der Waals surface area (Å²) in [6.45, 7) is 0.140. The van der Waals surface area contributed by atoms with Crippen LogP contribution in [0.25, 0.3) is 32.9 Å². The van der Waals surface area contributed by atoms with Crippen LogP contribution in [0.2, 0.25) is 0 Å². The first kappa shape index (κ1) is 23.7. The molecule has 184 valence electrons. The van der Waals surface area contributed by atoms with Crippen molar-refractivity contribution in [3.05, 3.63) is 89.7 Å². The van der Waals surface area contributed by atoms with E-state index in [4.69, 9.17) is 5.73 Å². The smallest absolute Gasteiger partial charge is 0.255 e. The van der Waals surface area contributed by atoms with Gasteiger partial charge >= 0.3 is 0 Å². The molecular formula is C28H22FN5O3. The van der Waals surface area contributed by atoms with Gasteiger partial charge in [0.2, 0.25) is 12.8 Å². The monoisotopic (exact) mass is 495 g/mol. The largest absolute Gasteiger partial charge is 0.353 e. The minimum absolute atomic E-state index is 0.140. The molecule has 0 fully saturated rings. The number of rotatable bonds is 8. The molecule has 0 aliphatic heterocycles. The summed E-state index contributed by atoms with van der Waals surface area (Å²) in [5.41, 5.74) is 12.1. The lowest BCUT2D eigenvalue weighted by Gasteiger charge is -2.16. The molecule has 5 aromatic rings. The number of halogens is 1. The maximum absolute atomic E-state index is 13.3. The van der Waals surface area contributed by atoms with E-state index < -0.39 is 5.82 Å². The third kappa shape index (κ3) is 4.39. The second-order valence-electron chi connectivity index (χ2n) is 8.32. The van der Waals surface area contributed by atoms with Crippen LogP contribution in [0.3, 0.4) is 0 Å². The van der Waals surface area contributed by atoms with Crippen LogP contribution in [0.1, 0.15) is 15.9 Å². The molecule has 37 heavy (non-hydrogen) atoms. The van der Waals surface area contributed by atoms with E-state index in [9.17, 15) is 18.8 Å². The van der Waals surface area contributed by atoms with Gasteiger partial charge < -0.3 is 26.7 Å². The number of anilines is 3. The molecule has 0 aliphatic rings. The summed E-state index contributed by atoms with van der Waals surface area (Å²) >= 11 is 0. The Kier molecular flexibility index (Phi) is 6.36. The van der Waals surface area contributed by atoms with Gasteiger partial charge in [0.1, 0.15) is 5.82 Å². The molecule has 0 atom stereocenters. The van der Waals surface area contributed by atoms with E-state index in [2.05, 4.69) is 20.9 Å². The van der Waals surface area contributed by atoms with Crippen LogP contribution in [0.5, 0.6) is 0 Å². The van der Waals surface area contributed by atoms with Crippen LogP contribution in [0.15, 0.2) is 72.8 Å². The Labute approximate surface area is 210 Å². The topological polar surface area (TPSA) is 129 Å². The number of hydrogen-bond acceptors (Lipinski definition) is 4. The number of H-pyrrole nitrogens is 1. The number of hydrogen-bond donors (Lipinski definition) is 5. The van der Waals surface area contributed by atoms with Crippen LogP contribution in [-0.4, -0.2) is 23.7 Å². The Morgan fingerprint density at radius 2 is 1.68 bits per heavy atom. The normalized spacial score (nSPS) is 10.9. The van der Waals surface area contributed by atoms with Gasteiger partial charge in [0.15, 0.2) is 0 Å². The molecule has 9 heteroatoms. The molecular weight excluding hydrogens is 473 g/mol. The van der Waals surface area contributed by atoms with E-state index in [1.807, 2.05) is 24.3 Å². The summed E-state index contributed by atoms with van der Waals surface area (Å²) in [6.07, 6.45) is 1.21. The van der Waals surface area contributed by atoms with Gasteiger partial charge in [-0.2, -0.15) is 0 Å². The minimum Gasteiger partial charge on any atom is -0.353 e. The van der Waals surface area contributed by atoms with Gasteiger partial charge in [0, 0.05) is 39.8 Å². The molecule has 5 rings (SSSR count). The van der Waals surface area contributed by atoms with Crippen molar-refractivity contribution in [3.63, 3.8) is 0 Å². The number of aromatic amines is 1. The van der Waals surface area contributed by atoms with Gasteiger partial charge in [-0.05, 0) is 65.2 Å². The Hall–Kier alpha value is -5.02. The second-order valence-corrected chi connectivity index (χ2v) is 8.32. The fourth-order valence-electron chi connectivity index (χ4n) is 4.55. The molecule has 0 spiro atoms. The average Bonchev–Trinajstić information content (AvgIpc) is 3.29. The zero-order valence-corrected chi connectivity index (χ0v) is 19.5. The highest BCUT2D eigenvalue weighted by Gasteiger charge is 2.18. The summed E-state index contributed by atoms with van der Waals surface area (Å²) in [7, 11) is 0. The number of amides is 3. The number of nitrogens with two attached hydrogens (primary N) is 1. The predicted molar refractivity (Wildman–Crippen MR) is 143 cm³/mol. The van der Waals surface area contributed by atoms with Crippen LogP contribution in [-0.2, 0) is 16.1 Å². The van der Waals surface area contributed by atoms with Crippen molar-refractivity contribution >= 4 is 57.6 Å². The van der Waals surface area contributed by atoms with E-state index in [0.717, 1.165) is 27.4 Å². The molecule has 3 amide bonds. The Morgan fingerprint density at radius 3 is 2.41 bits per heavy atom. The van der Waals surface area contributed by atoms with Gasteiger partial charge in [0.25, 0.3) is 5.91 Å². The number of nitrogens with one attached hydrogen (secondary N) is 4. The first-order chi connectivity index (χ1) is 18.0. The molecule has 4 aromatic carbocycles. The number of carbonyl (C=O) groups is 3. The zero-order chi connectivity index (χ0) is 25.9.